The average molecular weight is 297 g/mol. The summed E-state index contributed by atoms with van der Waals surface area (Å²) in [5, 5.41) is 12.6. The fourth-order valence-corrected chi connectivity index (χ4v) is 3.37. The number of hydrogen-bond donors (Lipinski definition) is 2. The lowest BCUT2D eigenvalue weighted by molar-refractivity contribution is 0.0867. The van der Waals surface area contributed by atoms with Crippen molar-refractivity contribution < 1.29 is 9.90 Å². The molecule has 1 aliphatic heterocycles. The third kappa shape index (κ3) is 2.80. The van der Waals surface area contributed by atoms with Crippen molar-refractivity contribution in [2.45, 2.75) is 50.7 Å². The number of aromatic nitrogens is 1. The van der Waals surface area contributed by atoms with E-state index in [0.717, 1.165) is 44.2 Å². The molecule has 1 aromatic heterocycles. The summed E-state index contributed by atoms with van der Waals surface area (Å²) in [6.45, 7) is 0. The van der Waals surface area contributed by atoms with E-state index in [0.29, 0.717) is 11.5 Å². The molecule has 1 amide bonds. The van der Waals surface area contributed by atoms with Crippen LogP contribution in [0.4, 0.5) is 5.82 Å². The van der Waals surface area contributed by atoms with Crippen LogP contribution in [0, 0.1) is 5.92 Å². The Balaban J connectivity index is 1.42. The maximum atomic E-state index is 12.4. The molecular formula is C16H20BN3O2. The number of aliphatic hydroxyl groups excluding tert-OH is 1. The van der Waals surface area contributed by atoms with Gasteiger partial charge in [-0.15, -0.1) is 0 Å². The summed E-state index contributed by atoms with van der Waals surface area (Å²) in [6, 6.07) is 2.11. The van der Waals surface area contributed by atoms with Crippen LogP contribution >= 0.6 is 0 Å². The van der Waals surface area contributed by atoms with E-state index in [-0.39, 0.29) is 18.1 Å². The lowest BCUT2D eigenvalue weighted by Gasteiger charge is -2.26. The molecular weight excluding hydrogens is 277 g/mol. The second-order valence-electron chi connectivity index (χ2n) is 6.74. The molecule has 2 heterocycles. The van der Waals surface area contributed by atoms with Gasteiger partial charge in [-0.2, -0.15) is 0 Å². The Morgan fingerprint density at radius 3 is 2.73 bits per heavy atom. The highest BCUT2D eigenvalue weighted by Gasteiger charge is 2.32. The molecule has 2 N–H and O–H groups in total. The van der Waals surface area contributed by atoms with Crippen molar-refractivity contribution in [2.75, 3.05) is 0 Å². The fraction of sp³-hybridized carbons (Fsp3) is 0.562. The summed E-state index contributed by atoms with van der Waals surface area (Å²) in [6.07, 6.45) is 7.15. The maximum absolute atomic E-state index is 12.4. The number of amides is 1. The third-order valence-corrected chi connectivity index (χ3v) is 4.91. The Hall–Kier alpha value is -1.69. The van der Waals surface area contributed by atoms with Crippen LogP contribution in [0.1, 0.15) is 48.9 Å². The highest BCUT2D eigenvalue weighted by Crippen LogP contribution is 2.33. The first-order valence-electron chi connectivity index (χ1n) is 8.24. The summed E-state index contributed by atoms with van der Waals surface area (Å²) < 4.78 is 0. The molecule has 4 rings (SSSR count). The number of hydrogen-bond acceptors (Lipinski definition) is 4. The molecule has 22 heavy (non-hydrogen) atoms. The lowest BCUT2D eigenvalue weighted by Crippen LogP contribution is -2.39. The maximum Gasteiger partial charge on any atom is 0.253 e. The molecule has 2 fully saturated rings. The molecule has 0 aromatic carbocycles. The first-order valence-corrected chi connectivity index (χ1v) is 8.24. The zero-order valence-electron chi connectivity index (χ0n) is 12.6. The van der Waals surface area contributed by atoms with E-state index >= 15 is 0 Å². The molecule has 0 radical (unpaired) electrons. The number of aliphatic imine (C=N–C) groups is 1. The van der Waals surface area contributed by atoms with Crippen molar-refractivity contribution in [1.29, 1.82) is 0 Å². The van der Waals surface area contributed by atoms with E-state index in [9.17, 15) is 9.90 Å². The molecule has 0 atom stereocenters. The van der Waals surface area contributed by atoms with Gasteiger partial charge in [0.25, 0.3) is 5.91 Å². The predicted molar refractivity (Wildman–Crippen MR) is 86.6 cm³/mol. The Bertz CT molecular complexity index is 634. The van der Waals surface area contributed by atoms with Gasteiger partial charge in [-0.1, -0.05) is 0 Å². The van der Waals surface area contributed by atoms with Crippen LogP contribution in [0.25, 0.3) is 0 Å². The third-order valence-electron chi connectivity index (χ3n) is 4.91. The van der Waals surface area contributed by atoms with Crippen molar-refractivity contribution in [3.63, 3.8) is 0 Å². The Morgan fingerprint density at radius 1 is 1.23 bits per heavy atom. The van der Waals surface area contributed by atoms with Gasteiger partial charge in [0.15, 0.2) is 0 Å². The minimum absolute atomic E-state index is 0.0587. The van der Waals surface area contributed by atoms with Gasteiger partial charge in [-0.05, 0) is 61.6 Å². The van der Waals surface area contributed by atoms with Gasteiger partial charge in [0.2, 0.25) is 7.28 Å². The van der Waals surface area contributed by atoms with Crippen LogP contribution in [0.2, 0.25) is 0 Å². The number of rotatable bonds is 3. The topological polar surface area (TPSA) is 74.6 Å². The molecule has 3 aliphatic rings. The van der Waals surface area contributed by atoms with Crippen LogP contribution in [0.5, 0.6) is 0 Å². The SMILES string of the molecule is O=C(NC1CCC(O)CC1)c1cnc2c(c1)BC(C1CC1)=N2. The van der Waals surface area contributed by atoms with Gasteiger partial charge in [0.05, 0.1) is 11.7 Å². The van der Waals surface area contributed by atoms with E-state index in [1.165, 1.54) is 18.5 Å². The normalized spacial score (nSPS) is 26.9. The van der Waals surface area contributed by atoms with E-state index in [1.54, 1.807) is 6.20 Å². The number of carbonyl (C=O) groups is 1. The lowest BCUT2D eigenvalue weighted by atomic mass is 9.66. The minimum Gasteiger partial charge on any atom is -0.393 e. The molecule has 1 aromatic rings. The molecule has 0 bridgehead atoms. The molecule has 0 spiro atoms. The Labute approximate surface area is 130 Å². The van der Waals surface area contributed by atoms with Gasteiger partial charge >= 0.3 is 0 Å². The van der Waals surface area contributed by atoms with Crippen molar-refractivity contribution in [2.24, 2.45) is 10.9 Å². The standard InChI is InChI=1S/C16H20BN3O2/c21-12-5-3-11(4-6-12)19-16(22)10-7-13-15(18-8-10)20-14(17-13)9-1-2-9/h7-9,11-12,17,21H,1-6H2,(H,19,22). The molecule has 0 unspecified atom stereocenters. The van der Waals surface area contributed by atoms with Crippen molar-refractivity contribution in [3.05, 3.63) is 17.8 Å². The Kier molecular flexibility index (Phi) is 3.49. The van der Waals surface area contributed by atoms with Crippen LogP contribution in [0.15, 0.2) is 17.3 Å². The quantitative estimate of drug-likeness (QED) is 0.804. The van der Waals surface area contributed by atoms with Crippen LogP contribution in [-0.2, 0) is 0 Å². The molecule has 0 saturated heterocycles. The van der Waals surface area contributed by atoms with Crippen molar-refractivity contribution in [1.82, 2.24) is 10.3 Å². The molecule has 5 nitrogen and oxygen atoms in total. The molecule has 2 aliphatic carbocycles. The number of fused-ring (bicyclic) bond motifs is 1. The zero-order chi connectivity index (χ0) is 15.1. The van der Waals surface area contributed by atoms with E-state index in [4.69, 9.17) is 0 Å². The van der Waals surface area contributed by atoms with Gasteiger partial charge in [-0.3, -0.25) is 4.79 Å². The zero-order valence-corrected chi connectivity index (χ0v) is 12.6. The van der Waals surface area contributed by atoms with Crippen molar-refractivity contribution in [3.8, 4) is 0 Å². The van der Waals surface area contributed by atoms with E-state index in [1.807, 2.05) is 6.07 Å². The smallest absolute Gasteiger partial charge is 0.253 e. The summed E-state index contributed by atoms with van der Waals surface area (Å²) in [7, 11) is 0.851. The monoisotopic (exact) mass is 297 g/mol. The number of aliphatic hydroxyl groups is 1. The molecule has 114 valence electrons. The molecule has 6 heteroatoms. The first-order chi connectivity index (χ1) is 10.7. The van der Waals surface area contributed by atoms with Crippen LogP contribution in [0.3, 0.4) is 0 Å². The fourth-order valence-electron chi connectivity index (χ4n) is 3.37. The van der Waals surface area contributed by atoms with Gasteiger partial charge < -0.3 is 10.4 Å². The van der Waals surface area contributed by atoms with E-state index in [2.05, 4.69) is 15.3 Å². The summed E-state index contributed by atoms with van der Waals surface area (Å²) >= 11 is 0. The highest BCUT2D eigenvalue weighted by atomic mass is 16.3. The van der Waals surface area contributed by atoms with Crippen LogP contribution in [-0.4, -0.2) is 41.0 Å². The first kappa shape index (κ1) is 13.9. The number of nitrogens with zero attached hydrogens (tertiary/aromatic N) is 2. The number of pyridine rings is 1. The highest BCUT2D eigenvalue weighted by molar-refractivity contribution is 6.88. The van der Waals surface area contributed by atoms with Gasteiger partial charge in [-0.25, -0.2) is 9.98 Å². The van der Waals surface area contributed by atoms with Gasteiger partial charge in [0, 0.05) is 12.2 Å². The predicted octanol–water partition coefficient (Wildman–Crippen LogP) is 0.630. The average Bonchev–Trinajstić information content (AvgIpc) is 3.28. The summed E-state index contributed by atoms with van der Waals surface area (Å²) in [4.78, 5) is 21.3. The Morgan fingerprint density at radius 2 is 2.00 bits per heavy atom. The summed E-state index contributed by atoms with van der Waals surface area (Å²) in [5.41, 5.74) is 2.94. The van der Waals surface area contributed by atoms with Crippen LogP contribution < -0.4 is 10.8 Å². The van der Waals surface area contributed by atoms with Gasteiger partial charge in [0.1, 0.15) is 5.82 Å². The second-order valence-corrected chi connectivity index (χ2v) is 6.74. The largest absolute Gasteiger partial charge is 0.393 e. The molecule has 2 saturated carbocycles. The summed E-state index contributed by atoms with van der Waals surface area (Å²) in [5.74, 6) is 1.39. The number of nitrogens with one attached hydrogen (secondary N) is 1. The minimum atomic E-state index is -0.201. The second kappa shape index (κ2) is 5.50. The van der Waals surface area contributed by atoms with Crippen molar-refractivity contribution >= 4 is 30.1 Å². The van der Waals surface area contributed by atoms with E-state index < -0.39 is 0 Å². The number of carbonyl (C=O) groups excluding carboxylic acids is 1.